The lowest BCUT2D eigenvalue weighted by molar-refractivity contribution is 1.10. The highest BCUT2D eigenvalue weighted by atomic mass is 14.5. The molecule has 0 aromatic rings. The van der Waals surface area contributed by atoms with E-state index in [0.717, 1.165) is 6.42 Å². The highest BCUT2D eigenvalue weighted by Gasteiger charge is 1.74. The van der Waals surface area contributed by atoms with E-state index in [0.29, 0.717) is 6.54 Å². The van der Waals surface area contributed by atoms with Gasteiger partial charge in [-0.3, -0.25) is 0 Å². The van der Waals surface area contributed by atoms with Gasteiger partial charge in [-0.1, -0.05) is 6.92 Å². The summed E-state index contributed by atoms with van der Waals surface area (Å²) in [4.78, 5) is 0. The van der Waals surface area contributed by atoms with Gasteiger partial charge in [0.25, 0.3) is 0 Å². The van der Waals surface area contributed by atoms with Gasteiger partial charge in [0.2, 0.25) is 0 Å². The van der Waals surface area contributed by atoms with Crippen LogP contribution in [0.15, 0.2) is 17.4 Å². The van der Waals surface area contributed by atoms with Gasteiger partial charge in [0.1, 0.15) is 0 Å². The van der Waals surface area contributed by atoms with Crippen LogP contribution in [0.4, 0.5) is 0 Å². The lowest BCUT2D eigenvalue weighted by atomic mass is 10.2. The van der Waals surface area contributed by atoms with Gasteiger partial charge >= 0.3 is 0 Å². The maximum Gasteiger partial charge on any atom is 0.0182 e. The fraction of sp³-hybridized carbons (Fsp3) is 0.571. The van der Waals surface area contributed by atoms with Crippen LogP contribution in [-0.2, 0) is 0 Å². The van der Waals surface area contributed by atoms with Crippen molar-refractivity contribution >= 4 is 0 Å². The fourth-order valence-electron chi connectivity index (χ4n) is 0.335. The Morgan fingerprint density at radius 1 is 1.75 bits per heavy atom. The molecule has 0 rings (SSSR count). The second kappa shape index (κ2) is 4.63. The van der Waals surface area contributed by atoms with Gasteiger partial charge in [-0.15, -0.1) is 5.73 Å². The van der Waals surface area contributed by atoms with Crippen molar-refractivity contribution in [3.05, 3.63) is 17.4 Å². The Labute approximate surface area is 50.9 Å². The molecule has 46 valence electrons. The minimum absolute atomic E-state index is 0.595. The van der Waals surface area contributed by atoms with Crippen LogP contribution < -0.4 is 5.73 Å². The smallest absolute Gasteiger partial charge is 0.0182 e. The van der Waals surface area contributed by atoms with E-state index >= 15 is 0 Å². The average Bonchev–Trinajstić information content (AvgIpc) is 1.83. The van der Waals surface area contributed by atoms with E-state index in [1.165, 1.54) is 5.57 Å². The Morgan fingerprint density at radius 2 is 2.38 bits per heavy atom. The molecule has 0 aromatic heterocycles. The van der Waals surface area contributed by atoms with Gasteiger partial charge < -0.3 is 5.73 Å². The van der Waals surface area contributed by atoms with Gasteiger partial charge in [-0.2, -0.15) is 0 Å². The van der Waals surface area contributed by atoms with Crippen molar-refractivity contribution < 1.29 is 0 Å². The van der Waals surface area contributed by atoms with E-state index in [4.69, 9.17) is 5.73 Å². The molecule has 0 bridgehead atoms. The third-order valence-corrected chi connectivity index (χ3v) is 0.997. The number of hydrogen-bond donors (Lipinski definition) is 1. The molecule has 1 heteroatoms. The lowest BCUT2D eigenvalue weighted by Crippen LogP contribution is -1.91. The Kier molecular flexibility index (Phi) is 4.33. The second-order valence-corrected chi connectivity index (χ2v) is 1.72. The van der Waals surface area contributed by atoms with E-state index < -0.39 is 0 Å². The van der Waals surface area contributed by atoms with Crippen molar-refractivity contribution in [3.8, 4) is 0 Å². The van der Waals surface area contributed by atoms with E-state index in [1.54, 1.807) is 0 Å². The molecular formula is C7H13N. The molecule has 0 radical (unpaired) electrons. The highest BCUT2D eigenvalue weighted by Crippen LogP contribution is 1.92. The largest absolute Gasteiger partial charge is 0.326 e. The molecule has 0 unspecified atom stereocenters. The first-order chi connectivity index (χ1) is 3.81. The maximum absolute atomic E-state index is 5.20. The standard InChI is InChI=1S/C7H13N/c1-3-7(2)5-4-6-8/h4H,3,6,8H2,1-2H3. The van der Waals surface area contributed by atoms with Gasteiger partial charge in [0, 0.05) is 6.54 Å². The monoisotopic (exact) mass is 111 g/mol. The van der Waals surface area contributed by atoms with E-state index in [9.17, 15) is 0 Å². The summed E-state index contributed by atoms with van der Waals surface area (Å²) in [6.07, 6.45) is 2.91. The maximum atomic E-state index is 5.20. The quantitative estimate of drug-likeness (QED) is 0.536. The Hall–Kier alpha value is -0.520. The number of rotatable bonds is 2. The zero-order valence-electron chi connectivity index (χ0n) is 5.57. The predicted molar refractivity (Wildman–Crippen MR) is 36.6 cm³/mol. The molecule has 0 spiro atoms. The molecule has 2 N–H and O–H groups in total. The van der Waals surface area contributed by atoms with Gasteiger partial charge in [-0.25, -0.2) is 0 Å². The number of nitrogens with two attached hydrogens (primary N) is 1. The topological polar surface area (TPSA) is 26.0 Å². The average molecular weight is 111 g/mol. The van der Waals surface area contributed by atoms with Crippen LogP contribution in [-0.4, -0.2) is 6.54 Å². The SMILES string of the molecule is CCC(C)=C=CCN. The summed E-state index contributed by atoms with van der Waals surface area (Å²) in [5.74, 6) is 0. The van der Waals surface area contributed by atoms with Crippen molar-refractivity contribution in [2.75, 3.05) is 6.54 Å². The minimum Gasteiger partial charge on any atom is -0.326 e. The van der Waals surface area contributed by atoms with Gasteiger partial charge in [0.05, 0.1) is 0 Å². The van der Waals surface area contributed by atoms with Crippen molar-refractivity contribution in [1.29, 1.82) is 0 Å². The van der Waals surface area contributed by atoms with E-state index in [1.807, 2.05) is 13.0 Å². The fourth-order valence-corrected chi connectivity index (χ4v) is 0.335. The molecule has 0 atom stereocenters. The van der Waals surface area contributed by atoms with Crippen LogP contribution >= 0.6 is 0 Å². The van der Waals surface area contributed by atoms with Crippen molar-refractivity contribution in [2.24, 2.45) is 5.73 Å². The molecule has 0 saturated carbocycles. The summed E-state index contributed by atoms with van der Waals surface area (Å²) in [5.41, 5.74) is 9.51. The molecule has 0 heterocycles. The molecule has 0 fully saturated rings. The first-order valence-electron chi connectivity index (χ1n) is 2.92. The third-order valence-electron chi connectivity index (χ3n) is 0.997. The highest BCUT2D eigenvalue weighted by molar-refractivity contribution is 4.97. The first-order valence-corrected chi connectivity index (χ1v) is 2.92. The molecule has 0 saturated heterocycles. The second-order valence-electron chi connectivity index (χ2n) is 1.72. The zero-order valence-corrected chi connectivity index (χ0v) is 5.57. The van der Waals surface area contributed by atoms with Crippen LogP contribution in [0.5, 0.6) is 0 Å². The minimum atomic E-state index is 0.595. The zero-order chi connectivity index (χ0) is 6.41. The summed E-state index contributed by atoms with van der Waals surface area (Å²) >= 11 is 0. The molecule has 0 aliphatic carbocycles. The van der Waals surface area contributed by atoms with Gasteiger partial charge in [0.15, 0.2) is 0 Å². The van der Waals surface area contributed by atoms with Crippen molar-refractivity contribution in [2.45, 2.75) is 20.3 Å². The van der Waals surface area contributed by atoms with Crippen LogP contribution in [0.25, 0.3) is 0 Å². The van der Waals surface area contributed by atoms with E-state index in [2.05, 4.69) is 12.7 Å². The Balaban J connectivity index is 3.72. The molecule has 8 heavy (non-hydrogen) atoms. The molecular weight excluding hydrogens is 98.1 g/mol. The van der Waals surface area contributed by atoms with Crippen molar-refractivity contribution in [1.82, 2.24) is 0 Å². The summed E-state index contributed by atoms with van der Waals surface area (Å²) in [5, 5.41) is 0. The molecule has 0 aliphatic rings. The summed E-state index contributed by atoms with van der Waals surface area (Å²) in [6, 6.07) is 0. The van der Waals surface area contributed by atoms with Crippen LogP contribution in [0.2, 0.25) is 0 Å². The van der Waals surface area contributed by atoms with Crippen LogP contribution in [0, 0.1) is 0 Å². The summed E-state index contributed by atoms with van der Waals surface area (Å²) in [7, 11) is 0. The third kappa shape index (κ3) is 3.66. The summed E-state index contributed by atoms with van der Waals surface area (Å²) < 4.78 is 0. The van der Waals surface area contributed by atoms with Crippen LogP contribution in [0.1, 0.15) is 20.3 Å². The normalized spacial score (nSPS) is 7.88. The predicted octanol–water partition coefficient (Wildman–Crippen LogP) is 1.46. The number of hydrogen-bond acceptors (Lipinski definition) is 1. The van der Waals surface area contributed by atoms with Crippen LogP contribution in [0.3, 0.4) is 0 Å². The Bertz CT molecular complexity index is 108. The molecule has 0 aromatic carbocycles. The lowest BCUT2D eigenvalue weighted by Gasteiger charge is -1.83. The first kappa shape index (κ1) is 7.48. The molecule has 0 amide bonds. The van der Waals surface area contributed by atoms with E-state index in [-0.39, 0.29) is 0 Å². The summed E-state index contributed by atoms with van der Waals surface area (Å²) in [6.45, 7) is 4.75. The molecule has 0 aliphatic heterocycles. The van der Waals surface area contributed by atoms with Gasteiger partial charge in [-0.05, 0) is 25.0 Å². The van der Waals surface area contributed by atoms with Crippen molar-refractivity contribution in [3.63, 3.8) is 0 Å². The molecule has 1 nitrogen and oxygen atoms in total. The Morgan fingerprint density at radius 3 is 2.75 bits per heavy atom.